The van der Waals surface area contributed by atoms with Crippen molar-refractivity contribution in [1.29, 1.82) is 0 Å². The number of ether oxygens (including phenoxy) is 1. The number of carbonyl (C=O) groups excluding carboxylic acids is 1. The molecule has 0 heterocycles. The van der Waals surface area contributed by atoms with E-state index in [4.69, 9.17) is 4.74 Å². The molecule has 0 bridgehead atoms. The quantitative estimate of drug-likeness (QED) is 0.414. The van der Waals surface area contributed by atoms with Crippen LogP contribution >= 0.6 is 11.8 Å². The van der Waals surface area contributed by atoms with Crippen LogP contribution in [0.15, 0.2) is 4.99 Å². The van der Waals surface area contributed by atoms with E-state index in [9.17, 15) is 4.79 Å². The summed E-state index contributed by atoms with van der Waals surface area (Å²) < 4.78 is 4.76. The molecule has 86 valence electrons. The number of nitrogens with zero attached hydrogens (tertiary/aromatic N) is 1. The van der Waals surface area contributed by atoms with Gasteiger partial charge in [-0.05, 0) is 31.9 Å². The van der Waals surface area contributed by atoms with Crippen LogP contribution in [0.4, 0.5) is 0 Å². The van der Waals surface area contributed by atoms with Crippen LogP contribution < -0.4 is 0 Å². The number of rotatable bonds is 2. The second-order valence-corrected chi connectivity index (χ2v) is 4.66. The Labute approximate surface area is 95.7 Å². The molecule has 0 unspecified atom stereocenters. The van der Waals surface area contributed by atoms with Crippen molar-refractivity contribution >= 4 is 22.8 Å². The maximum atomic E-state index is 11.3. The highest BCUT2D eigenvalue weighted by Crippen LogP contribution is 2.32. The maximum Gasteiger partial charge on any atom is 0.308 e. The predicted octanol–water partition coefficient (Wildman–Crippen LogP) is 2.36. The van der Waals surface area contributed by atoms with Gasteiger partial charge in [0.15, 0.2) is 0 Å². The molecule has 0 N–H and O–H groups in total. The van der Waals surface area contributed by atoms with Crippen molar-refractivity contribution in [2.75, 3.05) is 20.4 Å². The minimum atomic E-state index is -0.0485. The van der Waals surface area contributed by atoms with Crippen LogP contribution in [0.3, 0.4) is 0 Å². The highest BCUT2D eigenvalue weighted by atomic mass is 32.2. The lowest BCUT2D eigenvalue weighted by Gasteiger charge is -2.27. The predicted molar refractivity (Wildman–Crippen MR) is 64.3 cm³/mol. The van der Waals surface area contributed by atoms with E-state index in [0.29, 0.717) is 5.92 Å². The normalized spacial score (nSPS) is 27.5. The summed E-state index contributed by atoms with van der Waals surface area (Å²) in [6.45, 7) is 0. The highest BCUT2D eigenvalue weighted by molar-refractivity contribution is 8.13. The van der Waals surface area contributed by atoms with Gasteiger partial charge in [-0.2, -0.15) is 0 Å². The first-order valence-electron chi connectivity index (χ1n) is 5.31. The second-order valence-electron chi connectivity index (χ2n) is 3.84. The topological polar surface area (TPSA) is 38.7 Å². The lowest BCUT2D eigenvalue weighted by atomic mass is 9.82. The van der Waals surface area contributed by atoms with Gasteiger partial charge < -0.3 is 4.74 Å². The average molecular weight is 229 g/mol. The Morgan fingerprint density at radius 2 is 1.80 bits per heavy atom. The molecule has 0 radical (unpaired) electrons. The Balaban J connectivity index is 2.45. The van der Waals surface area contributed by atoms with Crippen LogP contribution in [-0.2, 0) is 9.53 Å². The van der Waals surface area contributed by atoms with E-state index in [1.807, 2.05) is 7.05 Å². The van der Waals surface area contributed by atoms with Gasteiger partial charge in [-0.15, -0.1) is 11.8 Å². The van der Waals surface area contributed by atoms with Crippen molar-refractivity contribution in [3.63, 3.8) is 0 Å². The summed E-state index contributed by atoms with van der Waals surface area (Å²) in [5, 5.41) is 1.22. The number of thioether (sulfide) groups is 1. The van der Waals surface area contributed by atoms with E-state index < -0.39 is 0 Å². The van der Waals surface area contributed by atoms with Crippen molar-refractivity contribution in [2.45, 2.75) is 25.7 Å². The van der Waals surface area contributed by atoms with Crippen molar-refractivity contribution < 1.29 is 9.53 Å². The lowest BCUT2D eigenvalue weighted by Crippen LogP contribution is -2.25. The fourth-order valence-corrected chi connectivity index (χ4v) is 2.93. The Hall–Kier alpha value is -0.510. The first-order chi connectivity index (χ1) is 7.22. The number of carbonyl (C=O) groups is 1. The smallest absolute Gasteiger partial charge is 0.308 e. The Morgan fingerprint density at radius 1 is 1.27 bits per heavy atom. The largest absolute Gasteiger partial charge is 0.469 e. The third kappa shape index (κ3) is 3.23. The molecule has 1 rings (SSSR count). The van der Waals surface area contributed by atoms with Crippen molar-refractivity contribution in [2.24, 2.45) is 16.8 Å². The molecule has 3 nitrogen and oxygen atoms in total. The van der Waals surface area contributed by atoms with Crippen LogP contribution in [-0.4, -0.2) is 31.4 Å². The third-order valence-corrected chi connectivity index (χ3v) is 3.97. The van der Waals surface area contributed by atoms with Gasteiger partial charge in [-0.3, -0.25) is 9.79 Å². The van der Waals surface area contributed by atoms with Gasteiger partial charge in [0.05, 0.1) is 18.1 Å². The SMILES string of the molecule is C/N=C(\SC)[C@H]1CC[C@H](C(=O)OC)CC1. The Bertz CT molecular complexity index is 245. The monoisotopic (exact) mass is 229 g/mol. The Kier molecular flexibility index (Phi) is 5.15. The van der Waals surface area contributed by atoms with Crippen molar-refractivity contribution in [1.82, 2.24) is 0 Å². The number of hydrogen-bond donors (Lipinski definition) is 0. The minimum absolute atomic E-state index is 0.0485. The molecule has 0 atom stereocenters. The molecule has 15 heavy (non-hydrogen) atoms. The number of hydrogen-bond acceptors (Lipinski definition) is 4. The number of aliphatic imine (C=N–C) groups is 1. The van der Waals surface area contributed by atoms with E-state index in [1.54, 1.807) is 11.8 Å². The standard InChI is InChI=1S/C11H19NO2S/c1-12-10(15-3)8-4-6-9(7-5-8)11(13)14-2/h8-9H,4-7H2,1-3H3/b12-10-/t8-,9-. The summed E-state index contributed by atoms with van der Waals surface area (Å²) in [6.07, 6.45) is 6.07. The van der Waals surface area contributed by atoms with Gasteiger partial charge in [0.25, 0.3) is 0 Å². The van der Waals surface area contributed by atoms with Gasteiger partial charge in [0, 0.05) is 13.0 Å². The van der Waals surface area contributed by atoms with Gasteiger partial charge in [-0.1, -0.05) is 0 Å². The summed E-state index contributed by atoms with van der Waals surface area (Å²) in [5.74, 6) is 0.629. The van der Waals surface area contributed by atoms with Crippen molar-refractivity contribution in [3.05, 3.63) is 0 Å². The van der Waals surface area contributed by atoms with E-state index >= 15 is 0 Å². The van der Waals surface area contributed by atoms with E-state index in [2.05, 4.69) is 11.2 Å². The summed E-state index contributed by atoms with van der Waals surface area (Å²) in [6, 6.07) is 0. The third-order valence-electron chi connectivity index (χ3n) is 3.04. The molecule has 0 amide bonds. The average Bonchev–Trinajstić information content (AvgIpc) is 2.30. The molecule has 1 saturated carbocycles. The zero-order valence-corrected chi connectivity index (χ0v) is 10.5. The molecule has 0 aromatic carbocycles. The zero-order chi connectivity index (χ0) is 11.3. The molecule has 0 aromatic heterocycles. The van der Waals surface area contributed by atoms with Crippen LogP contribution in [0.2, 0.25) is 0 Å². The lowest BCUT2D eigenvalue weighted by molar-refractivity contribution is -0.146. The maximum absolute atomic E-state index is 11.3. The molecule has 0 aliphatic heterocycles. The van der Waals surface area contributed by atoms with E-state index in [-0.39, 0.29) is 11.9 Å². The molecular weight excluding hydrogens is 210 g/mol. The number of esters is 1. The van der Waals surface area contributed by atoms with Crippen LogP contribution in [0.25, 0.3) is 0 Å². The van der Waals surface area contributed by atoms with Gasteiger partial charge in [0.2, 0.25) is 0 Å². The second kappa shape index (κ2) is 6.16. The zero-order valence-electron chi connectivity index (χ0n) is 9.66. The summed E-state index contributed by atoms with van der Waals surface area (Å²) in [4.78, 5) is 15.6. The molecule has 0 spiro atoms. The van der Waals surface area contributed by atoms with Crippen LogP contribution in [0.1, 0.15) is 25.7 Å². The van der Waals surface area contributed by atoms with E-state index in [0.717, 1.165) is 25.7 Å². The number of methoxy groups -OCH3 is 1. The molecule has 0 saturated heterocycles. The first-order valence-corrected chi connectivity index (χ1v) is 6.53. The van der Waals surface area contributed by atoms with Gasteiger partial charge in [0.1, 0.15) is 0 Å². The van der Waals surface area contributed by atoms with Gasteiger partial charge >= 0.3 is 5.97 Å². The van der Waals surface area contributed by atoms with Gasteiger partial charge in [-0.25, -0.2) is 0 Å². The first kappa shape index (κ1) is 12.6. The molecule has 1 aliphatic rings. The highest BCUT2D eigenvalue weighted by Gasteiger charge is 2.28. The fraction of sp³-hybridized carbons (Fsp3) is 0.818. The molecule has 0 aromatic rings. The fourth-order valence-electron chi connectivity index (χ4n) is 2.18. The molecule has 1 aliphatic carbocycles. The van der Waals surface area contributed by atoms with Crippen LogP contribution in [0.5, 0.6) is 0 Å². The summed E-state index contributed by atoms with van der Waals surface area (Å²) in [5.41, 5.74) is 0. The minimum Gasteiger partial charge on any atom is -0.469 e. The van der Waals surface area contributed by atoms with Crippen molar-refractivity contribution in [3.8, 4) is 0 Å². The summed E-state index contributed by atoms with van der Waals surface area (Å²) >= 11 is 1.73. The molecule has 1 fully saturated rings. The summed E-state index contributed by atoms with van der Waals surface area (Å²) in [7, 11) is 3.31. The molecule has 4 heteroatoms. The van der Waals surface area contributed by atoms with E-state index in [1.165, 1.54) is 12.2 Å². The Morgan fingerprint density at radius 3 is 2.20 bits per heavy atom. The molecular formula is C11H19NO2S. The van der Waals surface area contributed by atoms with Crippen LogP contribution in [0, 0.1) is 11.8 Å².